The highest BCUT2D eigenvalue weighted by Gasteiger charge is 2.45. The molecule has 0 aromatic heterocycles. The van der Waals surface area contributed by atoms with E-state index in [1.54, 1.807) is 62.6 Å². The Kier molecular flexibility index (Phi) is 5.92. The highest BCUT2D eigenvalue weighted by Crippen LogP contribution is 2.51. The van der Waals surface area contributed by atoms with E-state index in [4.69, 9.17) is 23.2 Å². The van der Waals surface area contributed by atoms with Gasteiger partial charge in [-0.1, -0.05) is 47.5 Å². The molecule has 0 unspecified atom stereocenters. The lowest BCUT2D eigenvalue weighted by atomic mass is 9.92. The second-order valence-electron chi connectivity index (χ2n) is 6.67. The lowest BCUT2D eigenvalue weighted by Crippen LogP contribution is -2.16. The molecule has 0 heterocycles. The maximum absolute atomic E-state index is 14.1. The number of nitrogens with zero attached hydrogens (tertiary/aromatic N) is 1. The zero-order chi connectivity index (χ0) is 21.3. The first-order chi connectivity index (χ1) is 13.6. The summed E-state index contributed by atoms with van der Waals surface area (Å²) in [5, 5.41) is 0.898. The summed E-state index contributed by atoms with van der Waals surface area (Å²) in [6.07, 6.45) is -3.08. The van der Waals surface area contributed by atoms with Gasteiger partial charge in [0.25, 0.3) is 0 Å². The summed E-state index contributed by atoms with van der Waals surface area (Å²) in [4.78, 5) is 13.4. The molecule has 1 aliphatic carbocycles. The molecule has 1 aliphatic rings. The zero-order valence-corrected chi connectivity index (χ0v) is 17.0. The van der Waals surface area contributed by atoms with Gasteiger partial charge in [-0.3, -0.25) is 4.79 Å². The van der Waals surface area contributed by atoms with Crippen LogP contribution in [0.2, 0.25) is 10.0 Å². The fourth-order valence-electron chi connectivity index (χ4n) is 3.31. The van der Waals surface area contributed by atoms with Gasteiger partial charge in [0, 0.05) is 47.1 Å². The average molecular weight is 438 g/mol. The molecule has 2 aromatic rings. The van der Waals surface area contributed by atoms with E-state index in [1.807, 2.05) is 0 Å². The van der Waals surface area contributed by atoms with E-state index in [2.05, 4.69) is 0 Å². The highest BCUT2D eigenvalue weighted by molar-refractivity contribution is 6.31. The Morgan fingerprint density at radius 2 is 1.28 bits per heavy atom. The maximum atomic E-state index is 14.1. The van der Waals surface area contributed by atoms with Crippen molar-refractivity contribution in [2.45, 2.75) is 6.18 Å². The van der Waals surface area contributed by atoms with Crippen LogP contribution in [0, 0.1) is 0 Å². The van der Waals surface area contributed by atoms with E-state index in [1.165, 1.54) is 11.1 Å². The number of alkyl halides is 3. The fraction of sp³-hybridized carbons (Fsp3) is 0.136. The van der Waals surface area contributed by atoms with E-state index in [0.717, 1.165) is 0 Å². The van der Waals surface area contributed by atoms with Crippen LogP contribution in [0.5, 0.6) is 0 Å². The molecule has 0 atom stereocenters. The zero-order valence-electron chi connectivity index (χ0n) is 15.5. The number of hydrogen-bond acceptors (Lipinski definition) is 2. The summed E-state index contributed by atoms with van der Waals surface area (Å²) in [5.41, 5.74) is 0.0637. The largest absolute Gasteiger partial charge is 0.417 e. The van der Waals surface area contributed by atoms with Gasteiger partial charge >= 0.3 is 6.18 Å². The Morgan fingerprint density at radius 1 is 0.828 bits per heavy atom. The van der Waals surface area contributed by atoms with E-state index >= 15 is 0 Å². The average Bonchev–Trinajstić information content (AvgIpc) is 2.96. The topological polar surface area (TPSA) is 20.3 Å². The second-order valence-corrected chi connectivity index (χ2v) is 7.55. The molecule has 150 valence electrons. The van der Waals surface area contributed by atoms with Crippen LogP contribution >= 0.6 is 23.2 Å². The van der Waals surface area contributed by atoms with Gasteiger partial charge in [0.05, 0.1) is 5.57 Å². The summed E-state index contributed by atoms with van der Waals surface area (Å²) in [6.45, 7) is 0. The van der Waals surface area contributed by atoms with Crippen LogP contribution in [-0.4, -0.2) is 31.5 Å². The molecule has 0 saturated heterocycles. The lowest BCUT2D eigenvalue weighted by Gasteiger charge is -2.17. The number of allylic oxidation sites excluding steroid dienone is 5. The van der Waals surface area contributed by atoms with Crippen LogP contribution in [0.15, 0.2) is 71.5 Å². The summed E-state index contributed by atoms with van der Waals surface area (Å²) >= 11 is 11.9. The molecule has 7 heteroatoms. The number of rotatable bonds is 4. The Balaban J connectivity index is 2.43. The van der Waals surface area contributed by atoms with E-state index in [0.29, 0.717) is 26.7 Å². The molecule has 0 fully saturated rings. The molecule has 0 aliphatic heterocycles. The number of aldehydes is 1. The number of carbonyl (C=O) groups excluding carboxylic acids is 1. The van der Waals surface area contributed by atoms with Crippen molar-refractivity contribution >= 4 is 40.6 Å². The van der Waals surface area contributed by atoms with Crippen molar-refractivity contribution in [3.8, 4) is 0 Å². The van der Waals surface area contributed by atoms with Crippen molar-refractivity contribution in [3.63, 3.8) is 0 Å². The van der Waals surface area contributed by atoms with Crippen molar-refractivity contribution in [3.05, 3.63) is 92.6 Å². The monoisotopic (exact) mass is 437 g/mol. The summed E-state index contributed by atoms with van der Waals surface area (Å²) in [5.74, 6) is 0. The first-order valence-electron chi connectivity index (χ1n) is 8.55. The highest BCUT2D eigenvalue weighted by atomic mass is 35.5. The molecule has 0 N–H and O–H groups in total. The summed E-state index contributed by atoms with van der Waals surface area (Å²) in [7, 11) is 3.25. The van der Waals surface area contributed by atoms with Gasteiger partial charge in [0.15, 0.2) is 6.29 Å². The third-order valence-corrected chi connectivity index (χ3v) is 4.89. The molecule has 0 spiro atoms. The lowest BCUT2D eigenvalue weighted by molar-refractivity contribution is -0.106. The molecule has 0 bridgehead atoms. The third-order valence-electron chi connectivity index (χ3n) is 4.38. The minimum Gasteiger partial charge on any atom is -0.383 e. The van der Waals surface area contributed by atoms with Crippen molar-refractivity contribution in [2.75, 3.05) is 14.1 Å². The maximum Gasteiger partial charge on any atom is 0.417 e. The molecule has 0 saturated carbocycles. The number of carbonyl (C=O) groups is 1. The van der Waals surface area contributed by atoms with Crippen molar-refractivity contribution in [2.24, 2.45) is 0 Å². The fourth-order valence-corrected chi connectivity index (χ4v) is 3.56. The van der Waals surface area contributed by atoms with Crippen LogP contribution in [-0.2, 0) is 4.79 Å². The van der Waals surface area contributed by atoms with Crippen LogP contribution in [0.3, 0.4) is 0 Å². The number of benzene rings is 2. The van der Waals surface area contributed by atoms with E-state index in [9.17, 15) is 18.0 Å². The SMILES string of the molecule is CN(C)/C=C1/C(c2ccc(Cl)cc2)=C(c2ccc(Cl)cc2)C(C=O)=C1C(F)(F)F. The van der Waals surface area contributed by atoms with Gasteiger partial charge in [-0.2, -0.15) is 13.2 Å². The van der Waals surface area contributed by atoms with Gasteiger partial charge in [-0.25, -0.2) is 0 Å². The van der Waals surface area contributed by atoms with Crippen LogP contribution in [0.4, 0.5) is 13.2 Å². The quantitative estimate of drug-likeness (QED) is 0.514. The minimum atomic E-state index is -4.72. The first-order valence-corrected chi connectivity index (χ1v) is 9.31. The van der Waals surface area contributed by atoms with E-state index in [-0.39, 0.29) is 17.4 Å². The van der Waals surface area contributed by atoms with Gasteiger partial charge < -0.3 is 4.90 Å². The normalized spacial score (nSPS) is 16.0. The summed E-state index contributed by atoms with van der Waals surface area (Å²) < 4.78 is 42.2. The van der Waals surface area contributed by atoms with Crippen molar-refractivity contribution in [1.29, 1.82) is 0 Å². The first kappa shape index (κ1) is 21.2. The minimum absolute atomic E-state index is 0.0723. The molecular formula is C22H16Cl2F3NO. The molecule has 0 amide bonds. The Hall–Kier alpha value is -2.50. The van der Waals surface area contributed by atoms with Crippen molar-refractivity contribution < 1.29 is 18.0 Å². The molecule has 2 nitrogen and oxygen atoms in total. The number of hydrogen-bond donors (Lipinski definition) is 0. The molecule has 2 aromatic carbocycles. The third kappa shape index (κ3) is 4.26. The van der Waals surface area contributed by atoms with Gasteiger partial charge in [-0.15, -0.1) is 0 Å². The van der Waals surface area contributed by atoms with Gasteiger partial charge in [0.1, 0.15) is 0 Å². The van der Waals surface area contributed by atoms with Gasteiger partial charge in [0.2, 0.25) is 0 Å². The Labute approximate surface area is 176 Å². The predicted octanol–water partition coefficient (Wildman–Crippen LogP) is 6.42. The van der Waals surface area contributed by atoms with Gasteiger partial charge in [-0.05, 0) is 41.0 Å². The van der Waals surface area contributed by atoms with Crippen LogP contribution in [0.1, 0.15) is 11.1 Å². The van der Waals surface area contributed by atoms with Crippen LogP contribution < -0.4 is 0 Å². The number of halogens is 5. The Bertz CT molecular complexity index is 1030. The molecular weight excluding hydrogens is 422 g/mol. The molecule has 3 rings (SSSR count). The second kappa shape index (κ2) is 8.09. The molecule has 0 radical (unpaired) electrons. The summed E-state index contributed by atoms with van der Waals surface area (Å²) in [6, 6.07) is 12.8. The van der Waals surface area contributed by atoms with E-state index < -0.39 is 17.3 Å². The standard InChI is InChI=1S/C22H16Cl2F3NO/c1-28(2)11-17-19(13-3-7-15(23)8-4-13)20(14-5-9-16(24)10-6-14)18(12-29)21(17)22(25,26)27/h3-12H,1-2H3/b17-11-. The van der Waals surface area contributed by atoms with Crippen molar-refractivity contribution in [1.82, 2.24) is 4.90 Å². The van der Waals surface area contributed by atoms with Crippen LogP contribution in [0.25, 0.3) is 11.1 Å². The molecule has 29 heavy (non-hydrogen) atoms. The predicted molar refractivity (Wildman–Crippen MR) is 111 cm³/mol. The smallest absolute Gasteiger partial charge is 0.383 e. The Morgan fingerprint density at radius 3 is 1.66 bits per heavy atom.